The third-order valence-corrected chi connectivity index (χ3v) is 4.09. The van der Waals surface area contributed by atoms with Crippen molar-refractivity contribution >= 4 is 11.9 Å². The van der Waals surface area contributed by atoms with Crippen LogP contribution in [0.4, 0.5) is 0 Å². The Kier molecular flexibility index (Phi) is 2.59. The quantitative estimate of drug-likeness (QED) is 0.864. The molecule has 0 bridgehead atoms. The van der Waals surface area contributed by atoms with Gasteiger partial charge in [0.2, 0.25) is 0 Å². The van der Waals surface area contributed by atoms with Crippen molar-refractivity contribution < 1.29 is 14.7 Å². The highest BCUT2D eigenvalue weighted by Gasteiger charge is 2.60. The van der Waals surface area contributed by atoms with Crippen LogP contribution in [0.25, 0.3) is 0 Å². The van der Waals surface area contributed by atoms with Crippen molar-refractivity contribution in [2.45, 2.75) is 13.8 Å². The van der Waals surface area contributed by atoms with Crippen LogP contribution in [0.3, 0.4) is 0 Å². The summed E-state index contributed by atoms with van der Waals surface area (Å²) >= 11 is 0. The van der Waals surface area contributed by atoms with Crippen molar-refractivity contribution in [2.75, 3.05) is 13.1 Å². The van der Waals surface area contributed by atoms with Gasteiger partial charge in [-0.25, -0.2) is 0 Å². The van der Waals surface area contributed by atoms with E-state index >= 15 is 0 Å². The normalized spacial score (nSPS) is 28.1. The molecule has 0 spiro atoms. The molecule has 3 atom stereocenters. The zero-order valence-electron chi connectivity index (χ0n) is 11.0. The summed E-state index contributed by atoms with van der Waals surface area (Å²) in [5.74, 6) is -0.649. The zero-order valence-corrected chi connectivity index (χ0v) is 11.0. The van der Waals surface area contributed by atoms with Gasteiger partial charge in [0.15, 0.2) is 0 Å². The molecule has 19 heavy (non-hydrogen) atoms. The Morgan fingerprint density at radius 3 is 2.21 bits per heavy atom. The Hall–Kier alpha value is -1.91. The van der Waals surface area contributed by atoms with Gasteiger partial charge in [0, 0.05) is 30.0 Å². The highest BCUT2D eigenvalue weighted by atomic mass is 16.4. The van der Waals surface area contributed by atoms with Crippen LogP contribution in [0.5, 0.6) is 0 Å². The van der Waals surface area contributed by atoms with Crippen LogP contribution in [-0.4, -0.2) is 40.0 Å². The average Bonchev–Trinajstić information content (AvgIpc) is 2.84. The number of aryl methyl sites for hydroxylation is 2. The lowest BCUT2D eigenvalue weighted by molar-refractivity contribution is -0.139. The lowest BCUT2D eigenvalue weighted by atomic mass is 10.1. The molecule has 2 aliphatic rings. The van der Waals surface area contributed by atoms with Crippen LogP contribution in [0.2, 0.25) is 0 Å². The van der Waals surface area contributed by atoms with Gasteiger partial charge in [-0.15, -0.1) is 0 Å². The van der Waals surface area contributed by atoms with E-state index in [-0.39, 0.29) is 23.7 Å². The molecule has 1 aromatic rings. The van der Waals surface area contributed by atoms with Crippen LogP contribution >= 0.6 is 0 Å². The second kappa shape index (κ2) is 4.05. The summed E-state index contributed by atoms with van der Waals surface area (Å²) in [4.78, 5) is 29.3. The number of aliphatic carboxylic acids is 1. The van der Waals surface area contributed by atoms with Crippen molar-refractivity contribution in [3.05, 3.63) is 29.1 Å². The summed E-state index contributed by atoms with van der Waals surface area (Å²) < 4.78 is 0. The summed E-state index contributed by atoms with van der Waals surface area (Å²) in [7, 11) is 0. The molecule has 1 aromatic heterocycles. The fraction of sp³-hybridized carbons (Fsp3) is 0.500. The lowest BCUT2D eigenvalue weighted by Crippen LogP contribution is -2.32. The Bertz CT molecular complexity index is 538. The predicted octanol–water partition coefficient (Wildman–Crippen LogP) is 1.10. The van der Waals surface area contributed by atoms with Gasteiger partial charge < -0.3 is 10.0 Å². The number of carbonyl (C=O) groups is 2. The molecule has 2 heterocycles. The Balaban J connectivity index is 1.72. The van der Waals surface area contributed by atoms with Gasteiger partial charge in [0.25, 0.3) is 5.91 Å². The van der Waals surface area contributed by atoms with E-state index < -0.39 is 5.97 Å². The Labute approximate surface area is 111 Å². The minimum absolute atomic E-state index is 0.00932. The third kappa shape index (κ3) is 1.99. The van der Waals surface area contributed by atoms with Gasteiger partial charge in [-0.3, -0.25) is 14.6 Å². The van der Waals surface area contributed by atoms with Gasteiger partial charge in [0.1, 0.15) is 0 Å². The minimum Gasteiger partial charge on any atom is -0.481 e. The van der Waals surface area contributed by atoms with Crippen molar-refractivity contribution in [3.63, 3.8) is 0 Å². The number of amides is 1. The van der Waals surface area contributed by atoms with E-state index in [4.69, 9.17) is 5.11 Å². The molecule has 1 amide bonds. The first-order valence-electron chi connectivity index (χ1n) is 6.45. The Morgan fingerprint density at radius 1 is 1.21 bits per heavy atom. The van der Waals surface area contributed by atoms with E-state index in [1.54, 1.807) is 17.0 Å². The van der Waals surface area contributed by atoms with Gasteiger partial charge in [0.05, 0.1) is 5.92 Å². The molecule has 2 fully saturated rings. The van der Waals surface area contributed by atoms with Gasteiger partial charge >= 0.3 is 5.97 Å². The molecule has 1 aliphatic heterocycles. The lowest BCUT2D eigenvalue weighted by Gasteiger charge is -2.19. The van der Waals surface area contributed by atoms with Crippen molar-refractivity contribution in [2.24, 2.45) is 17.8 Å². The van der Waals surface area contributed by atoms with Crippen LogP contribution < -0.4 is 0 Å². The molecule has 1 saturated heterocycles. The predicted molar refractivity (Wildman–Crippen MR) is 67.7 cm³/mol. The number of rotatable bonds is 2. The Morgan fingerprint density at radius 2 is 1.74 bits per heavy atom. The maximum Gasteiger partial charge on any atom is 0.307 e. The first-order valence-corrected chi connectivity index (χ1v) is 6.45. The van der Waals surface area contributed by atoms with Crippen LogP contribution in [-0.2, 0) is 4.79 Å². The molecule has 1 aliphatic carbocycles. The first kappa shape index (κ1) is 12.1. The van der Waals surface area contributed by atoms with Crippen molar-refractivity contribution in [1.29, 1.82) is 0 Å². The number of aromatic nitrogens is 1. The maximum atomic E-state index is 12.3. The molecule has 1 unspecified atom stereocenters. The summed E-state index contributed by atoms with van der Waals surface area (Å²) in [5.41, 5.74) is 2.31. The molecule has 1 saturated carbocycles. The zero-order chi connectivity index (χ0) is 13.7. The number of nitrogens with zero attached hydrogens (tertiary/aromatic N) is 2. The molecule has 5 heteroatoms. The number of hydrogen-bond acceptors (Lipinski definition) is 3. The standard InChI is InChI=1S/C14H16N2O3/c1-7-3-9(4-8(2)15-7)13(17)16-5-10-11(6-16)12(10)14(18)19/h3-4,10-12H,5-6H2,1-2H3,(H,18,19)/t10-,11+,12?. The molecular formula is C14H16N2O3. The average molecular weight is 260 g/mol. The highest BCUT2D eigenvalue weighted by molar-refractivity contribution is 5.95. The van der Waals surface area contributed by atoms with E-state index in [9.17, 15) is 9.59 Å². The van der Waals surface area contributed by atoms with Crippen molar-refractivity contribution in [3.8, 4) is 0 Å². The van der Waals surface area contributed by atoms with E-state index in [0.717, 1.165) is 11.4 Å². The smallest absolute Gasteiger partial charge is 0.307 e. The minimum atomic E-state index is -0.724. The summed E-state index contributed by atoms with van der Waals surface area (Å²) in [6.45, 7) is 4.87. The molecule has 0 aromatic carbocycles. The number of hydrogen-bond donors (Lipinski definition) is 1. The molecular weight excluding hydrogens is 244 g/mol. The second-order valence-electron chi connectivity index (χ2n) is 5.54. The topological polar surface area (TPSA) is 70.5 Å². The molecule has 1 N–H and O–H groups in total. The molecule has 5 nitrogen and oxygen atoms in total. The summed E-state index contributed by atoms with van der Waals surface area (Å²) in [6, 6.07) is 3.57. The van der Waals surface area contributed by atoms with Gasteiger partial charge in [-0.05, 0) is 37.8 Å². The number of piperidine rings is 1. The number of carbonyl (C=O) groups excluding carboxylic acids is 1. The highest BCUT2D eigenvalue weighted by Crippen LogP contribution is 2.51. The fourth-order valence-electron chi connectivity index (χ4n) is 3.20. The third-order valence-electron chi connectivity index (χ3n) is 4.09. The fourth-order valence-corrected chi connectivity index (χ4v) is 3.20. The number of fused-ring (bicyclic) bond motifs is 1. The van der Waals surface area contributed by atoms with Crippen molar-refractivity contribution in [1.82, 2.24) is 9.88 Å². The maximum absolute atomic E-state index is 12.3. The van der Waals surface area contributed by atoms with E-state index in [1.165, 1.54) is 0 Å². The SMILES string of the molecule is Cc1cc(C(=O)N2C[C@@H]3C(C(=O)O)[C@@H]3C2)cc(C)n1. The second-order valence-corrected chi connectivity index (χ2v) is 5.54. The number of carboxylic acid groups (broad SMARTS) is 1. The molecule has 100 valence electrons. The van der Waals surface area contributed by atoms with E-state index in [0.29, 0.717) is 18.7 Å². The van der Waals surface area contributed by atoms with Crippen LogP contribution in [0, 0.1) is 31.6 Å². The van der Waals surface area contributed by atoms with E-state index in [1.807, 2.05) is 13.8 Å². The summed E-state index contributed by atoms with van der Waals surface area (Å²) in [5, 5.41) is 8.96. The number of carboxylic acids is 1. The molecule has 3 rings (SSSR count). The summed E-state index contributed by atoms with van der Waals surface area (Å²) in [6.07, 6.45) is 0. The first-order chi connectivity index (χ1) is 8.97. The largest absolute Gasteiger partial charge is 0.481 e. The van der Waals surface area contributed by atoms with Gasteiger partial charge in [-0.2, -0.15) is 0 Å². The van der Waals surface area contributed by atoms with Crippen LogP contribution in [0.1, 0.15) is 21.7 Å². The van der Waals surface area contributed by atoms with Gasteiger partial charge in [-0.1, -0.05) is 0 Å². The van der Waals surface area contributed by atoms with E-state index in [2.05, 4.69) is 4.98 Å². The monoisotopic (exact) mass is 260 g/mol. The number of pyridine rings is 1. The van der Waals surface area contributed by atoms with Crippen LogP contribution in [0.15, 0.2) is 12.1 Å². The number of likely N-dealkylation sites (tertiary alicyclic amines) is 1. The molecule has 0 radical (unpaired) electrons.